The Labute approximate surface area is 108 Å². The second kappa shape index (κ2) is 6.61. The van der Waals surface area contributed by atoms with Crippen molar-refractivity contribution in [1.82, 2.24) is 0 Å². The van der Waals surface area contributed by atoms with Crippen molar-refractivity contribution in [2.24, 2.45) is 23.7 Å². The van der Waals surface area contributed by atoms with Crippen molar-refractivity contribution in [2.45, 2.75) is 71.6 Å². The third-order valence-corrected chi connectivity index (χ3v) is 4.69. The van der Waals surface area contributed by atoms with Crippen molar-refractivity contribution in [3.05, 3.63) is 12.2 Å². The Morgan fingerprint density at radius 1 is 1.12 bits per heavy atom. The van der Waals surface area contributed by atoms with E-state index in [0.717, 1.165) is 23.7 Å². The summed E-state index contributed by atoms with van der Waals surface area (Å²) in [6, 6.07) is 0. The molecule has 0 spiro atoms. The van der Waals surface area contributed by atoms with Crippen LogP contribution < -0.4 is 0 Å². The molecule has 0 saturated heterocycles. The highest BCUT2D eigenvalue weighted by Crippen LogP contribution is 2.45. The van der Waals surface area contributed by atoms with Crippen LogP contribution in [0, 0.1) is 23.7 Å². The summed E-state index contributed by atoms with van der Waals surface area (Å²) in [4.78, 5) is 0. The molecule has 2 aliphatic carbocycles. The van der Waals surface area contributed by atoms with E-state index in [1.54, 1.807) is 6.42 Å². The van der Waals surface area contributed by atoms with Crippen LogP contribution in [0.1, 0.15) is 71.6 Å². The number of unbranched alkanes of at least 4 members (excludes halogenated alkanes) is 1. The van der Waals surface area contributed by atoms with Crippen LogP contribution in [0.5, 0.6) is 0 Å². The van der Waals surface area contributed by atoms with E-state index in [1.807, 2.05) is 0 Å². The second-order valence-corrected chi connectivity index (χ2v) is 6.78. The molecular formula is C17H30. The molecule has 0 aromatic heterocycles. The van der Waals surface area contributed by atoms with Crippen LogP contribution in [-0.4, -0.2) is 0 Å². The lowest BCUT2D eigenvalue weighted by Crippen LogP contribution is -2.06. The normalized spacial score (nSPS) is 28.9. The first kappa shape index (κ1) is 13.2. The number of hydrogen-bond donors (Lipinski definition) is 0. The van der Waals surface area contributed by atoms with Crippen molar-refractivity contribution in [2.75, 3.05) is 0 Å². The van der Waals surface area contributed by atoms with Gasteiger partial charge in [-0.25, -0.2) is 0 Å². The lowest BCUT2D eigenvalue weighted by molar-refractivity contribution is 0.387. The molecule has 0 N–H and O–H groups in total. The molecule has 0 aromatic carbocycles. The molecule has 0 bridgehead atoms. The average Bonchev–Trinajstić information content (AvgIpc) is 2.96. The van der Waals surface area contributed by atoms with Gasteiger partial charge in [-0.3, -0.25) is 0 Å². The van der Waals surface area contributed by atoms with E-state index in [1.165, 1.54) is 51.4 Å². The first-order chi connectivity index (χ1) is 8.25. The van der Waals surface area contributed by atoms with Crippen LogP contribution in [0.15, 0.2) is 12.2 Å². The van der Waals surface area contributed by atoms with Crippen molar-refractivity contribution < 1.29 is 0 Å². The summed E-state index contributed by atoms with van der Waals surface area (Å²) in [5.74, 6) is 4.07. The summed E-state index contributed by atoms with van der Waals surface area (Å²) in [6.45, 7) is 4.70. The zero-order valence-electron chi connectivity index (χ0n) is 11.8. The molecule has 0 heteroatoms. The van der Waals surface area contributed by atoms with Gasteiger partial charge < -0.3 is 0 Å². The highest BCUT2D eigenvalue weighted by Gasteiger charge is 2.35. The molecule has 0 nitrogen and oxygen atoms in total. The third kappa shape index (κ3) is 4.85. The van der Waals surface area contributed by atoms with Gasteiger partial charge in [-0.2, -0.15) is 0 Å². The number of allylic oxidation sites excluding steroid dienone is 2. The summed E-state index contributed by atoms with van der Waals surface area (Å²) >= 11 is 0. The van der Waals surface area contributed by atoms with E-state index in [2.05, 4.69) is 26.0 Å². The maximum atomic E-state index is 2.48. The van der Waals surface area contributed by atoms with Gasteiger partial charge in [-0.1, -0.05) is 38.8 Å². The monoisotopic (exact) mass is 234 g/mol. The van der Waals surface area contributed by atoms with E-state index in [9.17, 15) is 0 Å². The van der Waals surface area contributed by atoms with Gasteiger partial charge >= 0.3 is 0 Å². The molecular weight excluding hydrogens is 204 g/mol. The standard InChI is InChI=1S/C17H30/c1-14(2)11-12-17-13-16(17)10-5-3-4-7-15-8-6-9-15/h4,7,14-17H,3,5-6,8-13H2,1-2H3. The van der Waals surface area contributed by atoms with E-state index >= 15 is 0 Å². The molecule has 17 heavy (non-hydrogen) atoms. The van der Waals surface area contributed by atoms with Crippen molar-refractivity contribution in [1.29, 1.82) is 0 Å². The Morgan fingerprint density at radius 2 is 1.88 bits per heavy atom. The predicted molar refractivity (Wildman–Crippen MR) is 76.0 cm³/mol. The van der Waals surface area contributed by atoms with Gasteiger partial charge in [0.05, 0.1) is 0 Å². The van der Waals surface area contributed by atoms with Crippen LogP contribution >= 0.6 is 0 Å². The number of hydrogen-bond acceptors (Lipinski definition) is 0. The van der Waals surface area contributed by atoms with Crippen LogP contribution in [0.3, 0.4) is 0 Å². The number of rotatable bonds is 8. The summed E-state index contributed by atoms with van der Waals surface area (Å²) in [7, 11) is 0. The molecule has 2 rings (SSSR count). The first-order valence-electron chi connectivity index (χ1n) is 7.92. The fraction of sp³-hybridized carbons (Fsp3) is 0.882. The maximum Gasteiger partial charge on any atom is -0.0234 e. The van der Waals surface area contributed by atoms with Crippen molar-refractivity contribution in [3.63, 3.8) is 0 Å². The largest absolute Gasteiger partial charge is 0.0883 e. The summed E-state index contributed by atoms with van der Waals surface area (Å²) < 4.78 is 0. The predicted octanol–water partition coefficient (Wildman–Crippen LogP) is 5.59. The van der Waals surface area contributed by atoms with Gasteiger partial charge in [0, 0.05) is 0 Å². The minimum Gasteiger partial charge on any atom is -0.0883 e. The van der Waals surface area contributed by atoms with Gasteiger partial charge in [-0.15, -0.1) is 0 Å². The molecule has 2 aliphatic rings. The zero-order valence-corrected chi connectivity index (χ0v) is 11.8. The fourth-order valence-corrected chi connectivity index (χ4v) is 2.98. The molecule has 0 aromatic rings. The Hall–Kier alpha value is -0.260. The van der Waals surface area contributed by atoms with E-state index in [0.29, 0.717) is 0 Å². The quantitative estimate of drug-likeness (QED) is 0.379. The Kier molecular flexibility index (Phi) is 5.13. The lowest BCUT2D eigenvalue weighted by Gasteiger charge is -2.21. The molecule has 2 fully saturated rings. The lowest BCUT2D eigenvalue weighted by atomic mass is 9.85. The minimum atomic E-state index is 0.904. The Balaban J connectivity index is 1.43. The molecule has 2 saturated carbocycles. The van der Waals surface area contributed by atoms with Gasteiger partial charge in [0.2, 0.25) is 0 Å². The zero-order chi connectivity index (χ0) is 12.1. The molecule has 0 radical (unpaired) electrons. The van der Waals surface area contributed by atoms with Crippen molar-refractivity contribution >= 4 is 0 Å². The summed E-state index contributed by atoms with van der Waals surface area (Å²) in [6.07, 6.45) is 18.1. The van der Waals surface area contributed by atoms with E-state index in [-0.39, 0.29) is 0 Å². The van der Waals surface area contributed by atoms with Gasteiger partial charge in [0.1, 0.15) is 0 Å². The fourth-order valence-electron chi connectivity index (χ4n) is 2.98. The highest BCUT2D eigenvalue weighted by atomic mass is 14.4. The average molecular weight is 234 g/mol. The maximum absolute atomic E-state index is 2.48. The molecule has 2 unspecified atom stereocenters. The second-order valence-electron chi connectivity index (χ2n) is 6.78. The van der Waals surface area contributed by atoms with Gasteiger partial charge in [0.15, 0.2) is 0 Å². The first-order valence-corrected chi connectivity index (χ1v) is 7.92. The summed E-state index contributed by atoms with van der Waals surface area (Å²) in [5.41, 5.74) is 0. The van der Waals surface area contributed by atoms with E-state index in [4.69, 9.17) is 0 Å². The van der Waals surface area contributed by atoms with Gasteiger partial charge in [0.25, 0.3) is 0 Å². The molecule has 0 amide bonds. The topological polar surface area (TPSA) is 0 Å². The molecule has 0 aliphatic heterocycles. The van der Waals surface area contributed by atoms with Crippen LogP contribution in [0.2, 0.25) is 0 Å². The SMILES string of the molecule is CC(C)CCC1CC1CCCC=CC1CCC1. The minimum absolute atomic E-state index is 0.904. The van der Waals surface area contributed by atoms with Crippen LogP contribution in [-0.2, 0) is 0 Å². The highest BCUT2D eigenvalue weighted by molar-refractivity contribution is 4.93. The molecule has 0 heterocycles. The van der Waals surface area contributed by atoms with Gasteiger partial charge in [-0.05, 0) is 68.6 Å². The molecule has 98 valence electrons. The third-order valence-electron chi connectivity index (χ3n) is 4.69. The van der Waals surface area contributed by atoms with Crippen LogP contribution in [0.4, 0.5) is 0 Å². The van der Waals surface area contributed by atoms with Crippen molar-refractivity contribution in [3.8, 4) is 0 Å². The Bertz CT molecular complexity index is 234. The Morgan fingerprint density at radius 3 is 2.53 bits per heavy atom. The smallest absolute Gasteiger partial charge is 0.0234 e. The summed E-state index contributed by atoms with van der Waals surface area (Å²) in [5, 5.41) is 0. The molecule has 2 atom stereocenters. The van der Waals surface area contributed by atoms with E-state index < -0.39 is 0 Å². The van der Waals surface area contributed by atoms with Crippen LogP contribution in [0.25, 0.3) is 0 Å².